The van der Waals surface area contributed by atoms with Crippen LogP contribution in [0.1, 0.15) is 18.2 Å². The fourth-order valence-corrected chi connectivity index (χ4v) is 1.80. The second kappa shape index (κ2) is 7.28. The number of rotatable bonds is 6. The third-order valence-electron chi connectivity index (χ3n) is 2.98. The van der Waals surface area contributed by atoms with Crippen LogP contribution in [0.15, 0.2) is 36.4 Å². The molecular weight excluding hydrogens is 309 g/mol. The monoisotopic (exact) mass is 326 g/mol. The maximum absolute atomic E-state index is 12.9. The lowest BCUT2D eigenvalue weighted by molar-refractivity contribution is -0.141. The number of benzene rings is 1. The van der Waals surface area contributed by atoms with E-state index in [9.17, 15) is 13.2 Å². The van der Waals surface area contributed by atoms with E-state index in [2.05, 4.69) is 20.6 Å². The fourth-order valence-electron chi connectivity index (χ4n) is 1.80. The summed E-state index contributed by atoms with van der Waals surface area (Å²) in [7, 11) is 0. The Morgan fingerprint density at radius 3 is 2.48 bits per heavy atom. The average Bonchev–Trinajstić information content (AvgIpc) is 2.53. The van der Waals surface area contributed by atoms with E-state index < -0.39 is 17.9 Å². The van der Waals surface area contributed by atoms with Crippen LogP contribution in [-0.4, -0.2) is 27.7 Å². The molecule has 2 aromatic rings. The Morgan fingerprint density at radius 1 is 1.17 bits per heavy atom. The maximum atomic E-state index is 12.9. The molecule has 0 bridgehead atoms. The van der Waals surface area contributed by atoms with Crippen molar-refractivity contribution in [3.8, 4) is 0 Å². The van der Waals surface area contributed by atoms with Crippen molar-refractivity contribution >= 4 is 11.8 Å². The van der Waals surface area contributed by atoms with Crippen LogP contribution < -0.4 is 10.6 Å². The summed E-state index contributed by atoms with van der Waals surface area (Å²) in [4.78, 5) is 7.45. The van der Waals surface area contributed by atoms with Crippen LogP contribution >= 0.6 is 0 Å². The molecule has 0 aliphatic carbocycles. The normalized spacial score (nSPS) is 12.7. The van der Waals surface area contributed by atoms with Gasteiger partial charge in [0.05, 0.1) is 6.61 Å². The first kappa shape index (κ1) is 17.0. The van der Waals surface area contributed by atoms with Crippen molar-refractivity contribution in [3.63, 3.8) is 0 Å². The molecule has 0 saturated carbocycles. The number of hydrogen-bond acceptors (Lipinski definition) is 5. The van der Waals surface area contributed by atoms with Gasteiger partial charge in [0.25, 0.3) is 0 Å². The Morgan fingerprint density at radius 2 is 1.87 bits per heavy atom. The highest BCUT2D eigenvalue weighted by Gasteiger charge is 2.33. The van der Waals surface area contributed by atoms with Gasteiger partial charge in [-0.2, -0.15) is 18.2 Å². The summed E-state index contributed by atoms with van der Waals surface area (Å²) in [6.45, 7) is 1.71. The van der Waals surface area contributed by atoms with Gasteiger partial charge in [-0.25, -0.2) is 4.98 Å². The molecule has 0 radical (unpaired) electrons. The van der Waals surface area contributed by atoms with Crippen LogP contribution in [-0.2, 0) is 12.7 Å². The van der Waals surface area contributed by atoms with Gasteiger partial charge < -0.3 is 15.7 Å². The van der Waals surface area contributed by atoms with Gasteiger partial charge in [0.15, 0.2) is 5.69 Å². The molecule has 0 unspecified atom stereocenters. The van der Waals surface area contributed by atoms with Gasteiger partial charge in [-0.3, -0.25) is 0 Å². The Labute approximate surface area is 131 Å². The highest BCUT2D eigenvalue weighted by atomic mass is 19.4. The lowest BCUT2D eigenvalue weighted by Gasteiger charge is -2.15. The molecule has 2 rings (SSSR count). The Hall–Kier alpha value is -2.35. The van der Waals surface area contributed by atoms with Crippen molar-refractivity contribution in [1.82, 2.24) is 9.97 Å². The molecule has 0 amide bonds. The first-order valence-corrected chi connectivity index (χ1v) is 7.00. The summed E-state index contributed by atoms with van der Waals surface area (Å²) >= 11 is 0. The van der Waals surface area contributed by atoms with Gasteiger partial charge in [0.2, 0.25) is 5.95 Å². The van der Waals surface area contributed by atoms with Crippen molar-refractivity contribution in [3.05, 3.63) is 47.7 Å². The number of nitrogens with one attached hydrogen (secondary N) is 2. The SMILES string of the molecule is C[C@H](CO)Nc1nc(NCc2ccccc2)cc(C(F)(F)F)n1. The highest BCUT2D eigenvalue weighted by molar-refractivity contribution is 5.44. The van der Waals surface area contributed by atoms with Gasteiger partial charge in [0.1, 0.15) is 5.82 Å². The molecule has 5 nitrogen and oxygen atoms in total. The second-order valence-electron chi connectivity index (χ2n) is 5.03. The summed E-state index contributed by atoms with van der Waals surface area (Å²) in [5.41, 5.74) is -0.131. The van der Waals surface area contributed by atoms with Gasteiger partial charge in [-0.15, -0.1) is 0 Å². The van der Waals surface area contributed by atoms with Crippen molar-refractivity contribution in [2.75, 3.05) is 17.2 Å². The summed E-state index contributed by atoms with van der Waals surface area (Å²) in [6, 6.07) is 9.65. The zero-order valence-electron chi connectivity index (χ0n) is 12.4. The number of anilines is 2. The minimum absolute atomic E-state index is 0.0591. The first-order valence-electron chi connectivity index (χ1n) is 7.00. The quantitative estimate of drug-likeness (QED) is 0.761. The topological polar surface area (TPSA) is 70.1 Å². The number of nitrogens with zero attached hydrogens (tertiary/aromatic N) is 2. The van der Waals surface area contributed by atoms with Gasteiger partial charge >= 0.3 is 6.18 Å². The van der Waals surface area contributed by atoms with Crippen LogP contribution in [0, 0.1) is 0 Å². The van der Waals surface area contributed by atoms with E-state index in [4.69, 9.17) is 5.11 Å². The molecule has 0 saturated heterocycles. The number of aliphatic hydroxyl groups is 1. The van der Waals surface area contributed by atoms with E-state index in [0.29, 0.717) is 6.54 Å². The van der Waals surface area contributed by atoms with Crippen LogP contribution in [0.2, 0.25) is 0 Å². The van der Waals surface area contributed by atoms with Crippen LogP contribution in [0.3, 0.4) is 0 Å². The van der Waals surface area contributed by atoms with Crippen molar-refractivity contribution in [1.29, 1.82) is 0 Å². The van der Waals surface area contributed by atoms with Gasteiger partial charge in [-0.05, 0) is 12.5 Å². The van der Waals surface area contributed by atoms with E-state index in [0.717, 1.165) is 11.6 Å². The molecular formula is C15H17F3N4O. The largest absolute Gasteiger partial charge is 0.433 e. The lowest BCUT2D eigenvalue weighted by atomic mass is 10.2. The zero-order chi connectivity index (χ0) is 16.9. The smallest absolute Gasteiger partial charge is 0.394 e. The number of aromatic nitrogens is 2. The predicted molar refractivity (Wildman–Crippen MR) is 81.0 cm³/mol. The summed E-state index contributed by atoms with van der Waals surface area (Å²) in [6.07, 6.45) is -4.58. The highest BCUT2D eigenvalue weighted by Crippen LogP contribution is 2.29. The minimum Gasteiger partial charge on any atom is -0.394 e. The number of hydrogen-bond donors (Lipinski definition) is 3. The molecule has 1 aromatic heterocycles. The standard InChI is InChI=1S/C15H17F3N4O/c1-10(9-23)20-14-21-12(15(16,17)18)7-13(22-14)19-8-11-5-3-2-4-6-11/h2-7,10,23H,8-9H2,1H3,(H2,19,20,21,22)/t10-/m1/s1. The molecule has 3 N–H and O–H groups in total. The maximum Gasteiger partial charge on any atom is 0.433 e. The molecule has 124 valence electrons. The van der Waals surface area contributed by atoms with E-state index >= 15 is 0 Å². The van der Waals surface area contributed by atoms with Crippen molar-refractivity contribution in [2.45, 2.75) is 25.7 Å². The Balaban J connectivity index is 2.21. The molecule has 0 spiro atoms. The molecule has 8 heteroatoms. The number of halogens is 3. The van der Waals surface area contributed by atoms with Crippen molar-refractivity contribution < 1.29 is 18.3 Å². The van der Waals surface area contributed by atoms with Crippen LogP contribution in [0.4, 0.5) is 24.9 Å². The van der Waals surface area contributed by atoms with Crippen LogP contribution in [0.25, 0.3) is 0 Å². The molecule has 0 aliphatic heterocycles. The molecule has 1 heterocycles. The Kier molecular flexibility index (Phi) is 5.38. The van der Waals surface area contributed by atoms with E-state index in [-0.39, 0.29) is 18.4 Å². The van der Waals surface area contributed by atoms with Gasteiger partial charge in [-0.1, -0.05) is 30.3 Å². The molecule has 1 atom stereocenters. The molecule has 0 aliphatic rings. The van der Waals surface area contributed by atoms with Crippen molar-refractivity contribution in [2.24, 2.45) is 0 Å². The third-order valence-corrected chi connectivity index (χ3v) is 2.98. The molecule has 0 fully saturated rings. The predicted octanol–water partition coefficient (Wildman–Crippen LogP) is 2.90. The first-order chi connectivity index (χ1) is 10.9. The summed E-state index contributed by atoms with van der Waals surface area (Å²) < 4.78 is 38.8. The summed E-state index contributed by atoms with van der Waals surface area (Å²) in [5, 5.41) is 14.5. The average molecular weight is 326 g/mol. The Bertz CT molecular complexity index is 634. The summed E-state index contributed by atoms with van der Waals surface area (Å²) in [5.74, 6) is -0.124. The van der Waals surface area contributed by atoms with Crippen LogP contribution in [0.5, 0.6) is 0 Å². The fraction of sp³-hybridized carbons (Fsp3) is 0.333. The number of aliphatic hydroxyl groups excluding tert-OH is 1. The van der Waals surface area contributed by atoms with E-state index in [1.54, 1.807) is 6.92 Å². The molecule has 23 heavy (non-hydrogen) atoms. The second-order valence-corrected chi connectivity index (χ2v) is 5.03. The van der Waals surface area contributed by atoms with E-state index in [1.165, 1.54) is 0 Å². The zero-order valence-corrected chi connectivity index (χ0v) is 12.4. The van der Waals surface area contributed by atoms with E-state index in [1.807, 2.05) is 30.3 Å². The minimum atomic E-state index is -4.58. The van der Waals surface area contributed by atoms with Gasteiger partial charge in [0, 0.05) is 18.7 Å². The number of alkyl halides is 3. The third kappa shape index (κ3) is 5.10. The molecule has 1 aromatic carbocycles. The lowest BCUT2D eigenvalue weighted by Crippen LogP contribution is -2.22.